The smallest absolute Gasteiger partial charge is 0.199 e. The van der Waals surface area contributed by atoms with E-state index in [4.69, 9.17) is 0 Å². The Hall–Kier alpha value is -2.36. The Morgan fingerprint density at radius 3 is 1.80 bits per heavy atom. The number of thioether (sulfide) groups is 1. The fourth-order valence-corrected chi connectivity index (χ4v) is 3.71. The average molecular weight is 348 g/mol. The maximum Gasteiger partial charge on any atom is 0.199 e. The van der Waals surface area contributed by atoms with Crippen LogP contribution in [-0.4, -0.2) is 10.2 Å². The molecule has 3 aromatic carbocycles. The van der Waals surface area contributed by atoms with E-state index in [-0.39, 0.29) is 5.12 Å². The van der Waals surface area contributed by atoms with Crippen molar-refractivity contribution < 1.29 is 9.90 Å². The van der Waals surface area contributed by atoms with Crippen LogP contribution in [0.4, 0.5) is 0 Å². The number of hydrogen-bond donors (Lipinski definition) is 1. The number of hydrogen-bond acceptors (Lipinski definition) is 3. The Bertz CT molecular complexity index is 788. The van der Waals surface area contributed by atoms with Gasteiger partial charge in [-0.15, -0.1) is 0 Å². The average Bonchev–Trinajstić information content (AvgIpc) is 2.69. The molecule has 1 N–H and O–H groups in total. The third-order valence-corrected chi connectivity index (χ3v) is 5.11. The lowest BCUT2D eigenvalue weighted by Gasteiger charge is -2.22. The van der Waals surface area contributed by atoms with Gasteiger partial charge in [0.05, 0.1) is 12.0 Å². The summed E-state index contributed by atoms with van der Waals surface area (Å²) >= 11 is 1.26. The highest BCUT2D eigenvalue weighted by Gasteiger charge is 2.29. The number of rotatable bonds is 6. The maximum atomic E-state index is 12.9. The molecule has 0 heterocycles. The summed E-state index contributed by atoms with van der Waals surface area (Å²) in [7, 11) is 0. The van der Waals surface area contributed by atoms with Gasteiger partial charge in [-0.05, 0) is 16.7 Å². The van der Waals surface area contributed by atoms with Gasteiger partial charge in [0.2, 0.25) is 0 Å². The van der Waals surface area contributed by atoms with Gasteiger partial charge in [0.1, 0.15) is 0 Å². The number of carbonyl (C=O) groups is 1. The van der Waals surface area contributed by atoms with Crippen molar-refractivity contribution in [3.8, 4) is 0 Å². The summed E-state index contributed by atoms with van der Waals surface area (Å²) in [4.78, 5) is 12.9. The predicted octanol–water partition coefficient (Wildman–Crippen LogP) is 4.96. The zero-order valence-electron chi connectivity index (χ0n) is 13.8. The molecule has 25 heavy (non-hydrogen) atoms. The minimum Gasteiger partial charge on any atom is -0.387 e. The zero-order valence-corrected chi connectivity index (χ0v) is 14.6. The SMILES string of the molecule is O=C(SCc1ccccc1)[C@@H](c1ccccc1)[C@@H](O)c1ccccc1. The Morgan fingerprint density at radius 2 is 1.24 bits per heavy atom. The van der Waals surface area contributed by atoms with E-state index >= 15 is 0 Å². The topological polar surface area (TPSA) is 37.3 Å². The minimum atomic E-state index is -0.862. The van der Waals surface area contributed by atoms with Crippen LogP contribution in [0, 0.1) is 0 Å². The van der Waals surface area contributed by atoms with Crippen LogP contribution in [0.5, 0.6) is 0 Å². The van der Waals surface area contributed by atoms with Crippen molar-refractivity contribution in [1.82, 2.24) is 0 Å². The second kappa shape index (κ2) is 8.65. The lowest BCUT2D eigenvalue weighted by atomic mass is 9.90. The van der Waals surface area contributed by atoms with E-state index in [2.05, 4.69) is 0 Å². The van der Waals surface area contributed by atoms with E-state index in [9.17, 15) is 9.90 Å². The van der Waals surface area contributed by atoms with Crippen LogP contribution in [0.25, 0.3) is 0 Å². The van der Waals surface area contributed by atoms with Crippen molar-refractivity contribution in [2.75, 3.05) is 0 Å². The molecule has 0 saturated heterocycles. The third-order valence-electron chi connectivity index (χ3n) is 4.09. The molecule has 0 aromatic heterocycles. The first-order valence-electron chi connectivity index (χ1n) is 8.24. The van der Waals surface area contributed by atoms with E-state index in [0.29, 0.717) is 5.75 Å². The molecular weight excluding hydrogens is 328 g/mol. The van der Waals surface area contributed by atoms with Gasteiger partial charge in [0.25, 0.3) is 0 Å². The van der Waals surface area contributed by atoms with Gasteiger partial charge < -0.3 is 5.11 Å². The highest BCUT2D eigenvalue weighted by Crippen LogP contribution is 2.35. The van der Waals surface area contributed by atoms with Crippen molar-refractivity contribution in [2.24, 2.45) is 0 Å². The second-order valence-electron chi connectivity index (χ2n) is 5.84. The van der Waals surface area contributed by atoms with Gasteiger partial charge in [0.15, 0.2) is 5.12 Å². The van der Waals surface area contributed by atoms with Gasteiger partial charge in [-0.3, -0.25) is 4.79 Å². The van der Waals surface area contributed by atoms with Crippen LogP contribution < -0.4 is 0 Å². The summed E-state index contributed by atoms with van der Waals surface area (Å²) in [5.41, 5.74) is 2.69. The Morgan fingerprint density at radius 1 is 0.760 bits per heavy atom. The van der Waals surface area contributed by atoms with Crippen molar-refractivity contribution in [1.29, 1.82) is 0 Å². The van der Waals surface area contributed by atoms with Crippen molar-refractivity contribution >= 4 is 16.9 Å². The summed E-state index contributed by atoms with van der Waals surface area (Å²) in [6.07, 6.45) is -0.862. The van der Waals surface area contributed by atoms with Crippen LogP contribution in [0.1, 0.15) is 28.7 Å². The summed E-state index contributed by atoms with van der Waals surface area (Å²) in [6, 6.07) is 28.8. The summed E-state index contributed by atoms with van der Waals surface area (Å²) < 4.78 is 0. The number of aliphatic hydroxyl groups excluding tert-OH is 1. The molecule has 0 aliphatic carbocycles. The van der Waals surface area contributed by atoms with Gasteiger partial charge in [-0.25, -0.2) is 0 Å². The van der Waals surface area contributed by atoms with Gasteiger partial charge in [0, 0.05) is 5.75 Å². The van der Waals surface area contributed by atoms with E-state index in [1.165, 1.54) is 11.8 Å². The molecule has 0 aliphatic rings. The van der Waals surface area contributed by atoms with Crippen LogP contribution in [0.3, 0.4) is 0 Å². The zero-order chi connectivity index (χ0) is 17.5. The fourth-order valence-electron chi connectivity index (χ4n) is 2.77. The normalized spacial score (nSPS) is 13.2. The second-order valence-corrected chi connectivity index (χ2v) is 6.82. The standard InChI is InChI=1S/C22H20O2S/c23-21(19-14-8-3-9-15-19)20(18-12-6-2-7-13-18)22(24)25-16-17-10-4-1-5-11-17/h1-15,20-21,23H,16H2/t20-,21-/m0/s1. The molecule has 2 atom stereocenters. The molecule has 0 bridgehead atoms. The Kier molecular flexibility index (Phi) is 6.04. The molecule has 126 valence electrons. The monoisotopic (exact) mass is 348 g/mol. The maximum absolute atomic E-state index is 12.9. The largest absolute Gasteiger partial charge is 0.387 e. The first kappa shape index (κ1) is 17.5. The number of aliphatic hydroxyl groups is 1. The van der Waals surface area contributed by atoms with Gasteiger partial charge in [-0.1, -0.05) is 103 Å². The van der Waals surface area contributed by atoms with E-state index in [0.717, 1.165) is 16.7 Å². The lowest BCUT2D eigenvalue weighted by Crippen LogP contribution is -2.18. The number of benzene rings is 3. The van der Waals surface area contributed by atoms with Crippen molar-refractivity contribution in [3.05, 3.63) is 108 Å². The molecule has 0 saturated carbocycles. The molecule has 3 rings (SSSR count). The quantitative estimate of drug-likeness (QED) is 0.684. The van der Waals surface area contributed by atoms with E-state index in [1.807, 2.05) is 91.0 Å². The molecule has 3 heteroatoms. The molecule has 0 amide bonds. The van der Waals surface area contributed by atoms with Crippen LogP contribution in [-0.2, 0) is 10.5 Å². The first-order chi connectivity index (χ1) is 12.3. The van der Waals surface area contributed by atoms with E-state index < -0.39 is 12.0 Å². The molecular formula is C22H20O2S. The molecule has 0 radical (unpaired) electrons. The lowest BCUT2D eigenvalue weighted by molar-refractivity contribution is -0.114. The first-order valence-corrected chi connectivity index (χ1v) is 9.23. The summed E-state index contributed by atoms with van der Waals surface area (Å²) in [5.74, 6) is 0.0159. The highest BCUT2D eigenvalue weighted by molar-refractivity contribution is 8.13. The highest BCUT2D eigenvalue weighted by atomic mass is 32.2. The number of carbonyl (C=O) groups excluding carboxylic acids is 1. The summed E-state index contributed by atoms with van der Waals surface area (Å²) in [6.45, 7) is 0. The Labute approximate surface area is 152 Å². The third kappa shape index (κ3) is 4.59. The minimum absolute atomic E-state index is 0.0218. The van der Waals surface area contributed by atoms with Crippen molar-refractivity contribution in [3.63, 3.8) is 0 Å². The molecule has 2 nitrogen and oxygen atoms in total. The summed E-state index contributed by atoms with van der Waals surface area (Å²) in [5, 5.41) is 10.8. The fraction of sp³-hybridized carbons (Fsp3) is 0.136. The Balaban J connectivity index is 1.82. The van der Waals surface area contributed by atoms with Gasteiger partial charge in [-0.2, -0.15) is 0 Å². The van der Waals surface area contributed by atoms with Crippen molar-refractivity contribution in [2.45, 2.75) is 17.8 Å². The molecule has 0 aliphatic heterocycles. The molecule has 0 spiro atoms. The predicted molar refractivity (Wildman–Crippen MR) is 103 cm³/mol. The van der Waals surface area contributed by atoms with E-state index in [1.54, 1.807) is 0 Å². The molecule has 0 fully saturated rings. The van der Waals surface area contributed by atoms with Gasteiger partial charge >= 0.3 is 0 Å². The van der Waals surface area contributed by atoms with Crippen LogP contribution in [0.2, 0.25) is 0 Å². The van der Waals surface area contributed by atoms with Crippen LogP contribution in [0.15, 0.2) is 91.0 Å². The molecule has 0 unspecified atom stereocenters. The molecule has 3 aromatic rings. The van der Waals surface area contributed by atoms with Crippen LogP contribution >= 0.6 is 11.8 Å².